The first-order valence-corrected chi connectivity index (χ1v) is 11.4. The number of methoxy groups -OCH3 is 1. The molecule has 0 bridgehead atoms. The highest BCUT2D eigenvalue weighted by atomic mass is 35.5. The molecule has 0 unspecified atom stereocenters. The van der Waals surface area contributed by atoms with Gasteiger partial charge in [0, 0.05) is 18.1 Å². The van der Waals surface area contributed by atoms with E-state index in [0.717, 1.165) is 6.26 Å². The molecule has 1 aliphatic rings. The minimum Gasteiger partial charge on any atom is -0.469 e. The topological polar surface area (TPSA) is 84.0 Å². The highest BCUT2D eigenvalue weighted by molar-refractivity contribution is 7.92. The van der Waals surface area contributed by atoms with Crippen molar-refractivity contribution < 1.29 is 22.7 Å². The number of halogens is 1. The zero-order valence-corrected chi connectivity index (χ0v) is 18.2. The number of ether oxygens (including phenoxy) is 1. The van der Waals surface area contributed by atoms with Crippen molar-refractivity contribution in [2.45, 2.75) is 39.2 Å². The molecule has 1 atom stereocenters. The predicted octanol–water partition coefficient (Wildman–Crippen LogP) is 2.60. The van der Waals surface area contributed by atoms with Crippen LogP contribution in [0.3, 0.4) is 0 Å². The van der Waals surface area contributed by atoms with Crippen molar-refractivity contribution >= 4 is 39.2 Å². The molecule has 2 rings (SSSR count). The van der Waals surface area contributed by atoms with Crippen molar-refractivity contribution in [3.05, 3.63) is 28.8 Å². The summed E-state index contributed by atoms with van der Waals surface area (Å²) in [6, 6.07) is 4.11. The highest BCUT2D eigenvalue weighted by Crippen LogP contribution is 2.30. The van der Waals surface area contributed by atoms with Crippen LogP contribution in [0.4, 0.5) is 5.69 Å². The van der Waals surface area contributed by atoms with E-state index >= 15 is 0 Å². The first-order chi connectivity index (χ1) is 13.1. The number of anilines is 1. The molecule has 0 aromatic heterocycles. The Bertz CT molecular complexity index is 835. The van der Waals surface area contributed by atoms with Gasteiger partial charge in [-0.2, -0.15) is 0 Å². The molecule has 1 amide bonds. The lowest BCUT2D eigenvalue weighted by Gasteiger charge is -2.37. The second-order valence-corrected chi connectivity index (χ2v) is 9.33. The Hall–Kier alpha value is -1.80. The van der Waals surface area contributed by atoms with Crippen LogP contribution in [0.25, 0.3) is 0 Å². The van der Waals surface area contributed by atoms with Crippen LogP contribution in [0, 0.1) is 12.8 Å². The number of aryl methyl sites for hydroxylation is 1. The van der Waals surface area contributed by atoms with Gasteiger partial charge in [0.05, 0.1) is 25.0 Å². The SMILES string of the molecule is CC[C@H](C(=O)N1CCC(C(=O)OC)CC1)N(c1cc(Cl)ccc1C)S(C)(=O)=O. The summed E-state index contributed by atoms with van der Waals surface area (Å²) in [5.41, 5.74) is 1.12. The van der Waals surface area contributed by atoms with E-state index in [2.05, 4.69) is 0 Å². The number of hydrogen-bond donors (Lipinski definition) is 0. The molecule has 0 N–H and O–H groups in total. The molecule has 0 radical (unpaired) electrons. The van der Waals surface area contributed by atoms with Gasteiger partial charge in [0.2, 0.25) is 15.9 Å². The number of amides is 1. The van der Waals surface area contributed by atoms with Gasteiger partial charge in [0.25, 0.3) is 0 Å². The maximum Gasteiger partial charge on any atom is 0.308 e. The Kier molecular flexibility index (Phi) is 7.33. The Balaban J connectivity index is 2.31. The minimum atomic E-state index is -3.73. The van der Waals surface area contributed by atoms with Crippen LogP contribution in [0.15, 0.2) is 18.2 Å². The van der Waals surface area contributed by atoms with Crippen LogP contribution < -0.4 is 4.31 Å². The number of esters is 1. The van der Waals surface area contributed by atoms with E-state index in [1.807, 2.05) is 0 Å². The first kappa shape index (κ1) is 22.5. The molecular formula is C19H27ClN2O5S. The maximum atomic E-state index is 13.2. The molecular weight excluding hydrogens is 404 g/mol. The number of carbonyl (C=O) groups is 2. The summed E-state index contributed by atoms with van der Waals surface area (Å²) in [6.45, 7) is 4.34. The molecule has 1 aliphatic heterocycles. The summed E-state index contributed by atoms with van der Waals surface area (Å²) in [4.78, 5) is 26.5. The summed E-state index contributed by atoms with van der Waals surface area (Å²) < 4.78 is 31.2. The second-order valence-electron chi connectivity index (χ2n) is 7.04. The second kappa shape index (κ2) is 9.13. The lowest BCUT2D eigenvalue weighted by atomic mass is 9.96. The summed E-state index contributed by atoms with van der Waals surface area (Å²) in [6.07, 6.45) is 2.41. The van der Waals surface area contributed by atoms with Crippen molar-refractivity contribution in [3.63, 3.8) is 0 Å². The molecule has 1 aromatic carbocycles. The minimum absolute atomic E-state index is 0.227. The molecule has 1 aromatic rings. The normalized spacial score (nSPS) is 16.5. The smallest absolute Gasteiger partial charge is 0.308 e. The number of carbonyl (C=O) groups excluding carboxylic acids is 2. The van der Waals surface area contributed by atoms with E-state index in [0.29, 0.717) is 48.6 Å². The Morgan fingerprint density at radius 3 is 2.43 bits per heavy atom. The fourth-order valence-electron chi connectivity index (χ4n) is 3.55. The summed E-state index contributed by atoms with van der Waals surface area (Å²) >= 11 is 6.09. The molecule has 156 valence electrons. The number of likely N-dealkylation sites (tertiary alicyclic amines) is 1. The number of nitrogens with zero attached hydrogens (tertiary/aromatic N) is 2. The number of sulfonamides is 1. The van der Waals surface area contributed by atoms with Gasteiger partial charge in [-0.3, -0.25) is 13.9 Å². The molecule has 1 saturated heterocycles. The van der Waals surface area contributed by atoms with Crippen molar-refractivity contribution in [2.24, 2.45) is 5.92 Å². The Morgan fingerprint density at radius 1 is 1.32 bits per heavy atom. The maximum absolute atomic E-state index is 13.2. The number of benzene rings is 1. The van der Waals surface area contributed by atoms with Gasteiger partial charge in [-0.05, 0) is 43.9 Å². The van der Waals surface area contributed by atoms with Crippen LogP contribution in [-0.2, 0) is 24.3 Å². The van der Waals surface area contributed by atoms with Crippen LogP contribution >= 0.6 is 11.6 Å². The zero-order valence-electron chi connectivity index (χ0n) is 16.6. The molecule has 1 heterocycles. The van der Waals surface area contributed by atoms with Crippen LogP contribution in [0.1, 0.15) is 31.7 Å². The van der Waals surface area contributed by atoms with Gasteiger partial charge in [-0.25, -0.2) is 8.42 Å². The van der Waals surface area contributed by atoms with E-state index in [-0.39, 0.29) is 17.8 Å². The molecule has 0 aliphatic carbocycles. The van der Waals surface area contributed by atoms with Crippen LogP contribution in [-0.4, -0.2) is 57.7 Å². The van der Waals surface area contributed by atoms with Crippen LogP contribution in [0.5, 0.6) is 0 Å². The van der Waals surface area contributed by atoms with Gasteiger partial charge < -0.3 is 9.64 Å². The van der Waals surface area contributed by atoms with Gasteiger partial charge in [0.15, 0.2) is 0 Å². The lowest BCUT2D eigenvalue weighted by Crippen LogP contribution is -2.53. The standard InChI is InChI=1S/C19H27ClN2O5S/c1-5-16(18(23)21-10-8-14(9-11-21)19(24)27-3)22(28(4,25)26)17-12-15(20)7-6-13(17)2/h6-7,12,14,16H,5,8-11H2,1-4H3/t16-/m1/s1. The Morgan fingerprint density at radius 2 is 1.93 bits per heavy atom. The third-order valence-electron chi connectivity index (χ3n) is 5.06. The van der Waals surface area contributed by atoms with Crippen molar-refractivity contribution in [1.29, 1.82) is 0 Å². The van der Waals surface area contributed by atoms with E-state index in [9.17, 15) is 18.0 Å². The van der Waals surface area contributed by atoms with Crippen molar-refractivity contribution in [2.75, 3.05) is 30.8 Å². The van der Waals surface area contributed by atoms with E-state index in [4.69, 9.17) is 16.3 Å². The lowest BCUT2D eigenvalue weighted by molar-refractivity contribution is -0.149. The third kappa shape index (κ3) is 4.97. The number of hydrogen-bond acceptors (Lipinski definition) is 5. The largest absolute Gasteiger partial charge is 0.469 e. The molecule has 9 heteroatoms. The predicted molar refractivity (Wildman–Crippen MR) is 109 cm³/mol. The Labute approximate surface area is 171 Å². The monoisotopic (exact) mass is 430 g/mol. The van der Waals surface area contributed by atoms with E-state index in [1.54, 1.807) is 36.9 Å². The van der Waals surface area contributed by atoms with Crippen LogP contribution in [0.2, 0.25) is 5.02 Å². The van der Waals surface area contributed by atoms with Gasteiger partial charge in [-0.1, -0.05) is 24.6 Å². The van der Waals surface area contributed by atoms with Crippen molar-refractivity contribution in [3.8, 4) is 0 Å². The first-order valence-electron chi connectivity index (χ1n) is 9.22. The number of piperidine rings is 1. The van der Waals surface area contributed by atoms with Crippen molar-refractivity contribution in [1.82, 2.24) is 4.90 Å². The molecule has 0 saturated carbocycles. The van der Waals surface area contributed by atoms with E-state index in [1.165, 1.54) is 11.4 Å². The number of rotatable bonds is 6. The molecule has 1 fully saturated rings. The fraction of sp³-hybridized carbons (Fsp3) is 0.579. The average molecular weight is 431 g/mol. The zero-order chi connectivity index (χ0) is 21.1. The average Bonchev–Trinajstić information content (AvgIpc) is 2.66. The third-order valence-corrected chi connectivity index (χ3v) is 6.46. The van der Waals surface area contributed by atoms with Gasteiger partial charge >= 0.3 is 5.97 Å². The summed E-state index contributed by atoms with van der Waals surface area (Å²) in [7, 11) is -2.38. The van der Waals surface area contributed by atoms with Gasteiger partial charge in [0.1, 0.15) is 6.04 Å². The van der Waals surface area contributed by atoms with Gasteiger partial charge in [-0.15, -0.1) is 0 Å². The highest BCUT2D eigenvalue weighted by Gasteiger charge is 2.37. The summed E-state index contributed by atoms with van der Waals surface area (Å²) in [5, 5.41) is 0.399. The fourth-order valence-corrected chi connectivity index (χ4v) is 4.97. The van der Waals surface area contributed by atoms with E-state index < -0.39 is 16.1 Å². The molecule has 7 nitrogen and oxygen atoms in total. The molecule has 0 spiro atoms. The quantitative estimate of drug-likeness (QED) is 0.647. The summed E-state index contributed by atoms with van der Waals surface area (Å²) in [5.74, 6) is -0.766. The molecule has 28 heavy (non-hydrogen) atoms.